The third kappa shape index (κ3) is 3.44. The summed E-state index contributed by atoms with van der Waals surface area (Å²) in [5.74, 6) is 1.11. The van der Waals surface area contributed by atoms with Crippen LogP contribution in [0.15, 0.2) is 78.9 Å². The highest BCUT2D eigenvalue weighted by atomic mass is 16.3. The molecule has 2 N–H and O–H groups in total. The number of imidazole rings is 1. The Hall–Kier alpha value is -3.33. The molecule has 4 rings (SSSR count). The number of aromatic amines is 1. The van der Waals surface area contributed by atoms with E-state index in [2.05, 4.69) is 50.0 Å². The molecule has 0 bridgehead atoms. The van der Waals surface area contributed by atoms with Gasteiger partial charge in [0.15, 0.2) is 0 Å². The van der Waals surface area contributed by atoms with E-state index in [0.29, 0.717) is 5.75 Å². The fraction of sp³-hybridized carbons (Fsp3) is 0.160. The SMILES string of the molecule is CC(C)(C)c1cc(-c2nc(-c3ccccc3)c(-c3ccccc3)[nH]2)ccc1O. The molecular weight excluding hydrogens is 344 g/mol. The Labute approximate surface area is 165 Å². The van der Waals surface area contributed by atoms with Crippen LogP contribution in [0.3, 0.4) is 0 Å². The van der Waals surface area contributed by atoms with Gasteiger partial charge in [0.2, 0.25) is 0 Å². The normalized spacial score (nSPS) is 11.5. The van der Waals surface area contributed by atoms with Crippen LogP contribution in [-0.4, -0.2) is 15.1 Å². The monoisotopic (exact) mass is 368 g/mol. The second-order valence-electron chi connectivity index (χ2n) is 8.02. The van der Waals surface area contributed by atoms with Crippen LogP contribution in [-0.2, 0) is 5.41 Å². The lowest BCUT2D eigenvalue weighted by Crippen LogP contribution is -2.11. The fourth-order valence-corrected chi connectivity index (χ4v) is 3.41. The van der Waals surface area contributed by atoms with Gasteiger partial charge in [-0.25, -0.2) is 4.98 Å². The third-order valence-corrected chi connectivity index (χ3v) is 4.89. The van der Waals surface area contributed by atoms with Crippen LogP contribution >= 0.6 is 0 Å². The molecule has 0 spiro atoms. The van der Waals surface area contributed by atoms with Crippen LogP contribution < -0.4 is 0 Å². The average molecular weight is 368 g/mol. The molecule has 3 nitrogen and oxygen atoms in total. The van der Waals surface area contributed by atoms with Crippen molar-refractivity contribution in [2.24, 2.45) is 0 Å². The van der Waals surface area contributed by atoms with Gasteiger partial charge in [-0.05, 0) is 29.2 Å². The molecule has 3 aromatic carbocycles. The molecule has 1 heterocycles. The molecule has 0 amide bonds. The number of phenolic OH excluding ortho intramolecular Hbond substituents is 1. The Morgan fingerprint density at radius 2 is 1.36 bits per heavy atom. The number of benzene rings is 3. The summed E-state index contributed by atoms with van der Waals surface area (Å²) in [4.78, 5) is 8.46. The van der Waals surface area contributed by atoms with Crippen molar-refractivity contribution < 1.29 is 5.11 Å². The molecule has 0 radical (unpaired) electrons. The average Bonchev–Trinajstić information content (AvgIpc) is 3.14. The minimum Gasteiger partial charge on any atom is -0.508 e. The first-order chi connectivity index (χ1) is 13.4. The number of hydrogen-bond acceptors (Lipinski definition) is 2. The predicted molar refractivity (Wildman–Crippen MR) is 115 cm³/mol. The molecule has 140 valence electrons. The fourth-order valence-electron chi connectivity index (χ4n) is 3.41. The molecule has 0 unspecified atom stereocenters. The summed E-state index contributed by atoms with van der Waals surface area (Å²) < 4.78 is 0. The summed E-state index contributed by atoms with van der Waals surface area (Å²) in [5, 5.41) is 10.3. The van der Waals surface area contributed by atoms with Crippen LogP contribution in [0.2, 0.25) is 0 Å². The summed E-state index contributed by atoms with van der Waals surface area (Å²) in [7, 11) is 0. The zero-order valence-corrected chi connectivity index (χ0v) is 16.4. The van der Waals surface area contributed by atoms with Gasteiger partial charge < -0.3 is 10.1 Å². The molecule has 4 aromatic rings. The molecule has 0 fully saturated rings. The Bertz CT molecular complexity index is 1030. The summed E-state index contributed by atoms with van der Waals surface area (Å²) in [6, 6.07) is 26.1. The number of aromatic nitrogens is 2. The van der Waals surface area contributed by atoms with Crippen molar-refractivity contribution in [3.8, 4) is 39.7 Å². The van der Waals surface area contributed by atoms with Crippen molar-refractivity contribution in [3.05, 3.63) is 84.4 Å². The molecule has 0 aliphatic rings. The predicted octanol–water partition coefficient (Wildman–Crippen LogP) is 6.41. The molecule has 3 heteroatoms. The lowest BCUT2D eigenvalue weighted by Gasteiger charge is -2.20. The summed E-state index contributed by atoms with van der Waals surface area (Å²) in [5.41, 5.74) is 5.79. The molecule has 28 heavy (non-hydrogen) atoms. The Balaban J connectivity index is 1.90. The summed E-state index contributed by atoms with van der Waals surface area (Å²) >= 11 is 0. The second kappa shape index (κ2) is 7.01. The van der Waals surface area contributed by atoms with Crippen LogP contribution in [0, 0.1) is 0 Å². The van der Waals surface area contributed by atoms with Gasteiger partial charge in [0.1, 0.15) is 11.6 Å². The van der Waals surface area contributed by atoms with Gasteiger partial charge in [0.25, 0.3) is 0 Å². The third-order valence-electron chi connectivity index (χ3n) is 4.89. The van der Waals surface area contributed by atoms with Crippen LogP contribution in [0.4, 0.5) is 0 Å². The standard InChI is InChI=1S/C25H24N2O/c1-25(2,3)20-16-19(14-15-21(20)28)24-26-22(17-10-6-4-7-11-17)23(27-24)18-12-8-5-9-13-18/h4-16,28H,1-3H3,(H,26,27). The Morgan fingerprint density at radius 1 is 0.750 bits per heavy atom. The van der Waals surface area contributed by atoms with E-state index in [0.717, 1.165) is 39.5 Å². The van der Waals surface area contributed by atoms with Crippen molar-refractivity contribution in [2.45, 2.75) is 26.2 Å². The van der Waals surface area contributed by atoms with E-state index in [-0.39, 0.29) is 5.41 Å². The number of aromatic hydroxyl groups is 1. The van der Waals surface area contributed by atoms with E-state index in [4.69, 9.17) is 4.98 Å². The summed E-state index contributed by atoms with van der Waals surface area (Å²) in [6.07, 6.45) is 0. The molecular formula is C25H24N2O. The van der Waals surface area contributed by atoms with Gasteiger partial charge in [-0.15, -0.1) is 0 Å². The van der Waals surface area contributed by atoms with Gasteiger partial charge in [0, 0.05) is 16.7 Å². The number of rotatable bonds is 3. The first-order valence-corrected chi connectivity index (χ1v) is 9.48. The largest absolute Gasteiger partial charge is 0.508 e. The van der Waals surface area contributed by atoms with E-state index in [1.807, 2.05) is 48.5 Å². The van der Waals surface area contributed by atoms with E-state index >= 15 is 0 Å². The van der Waals surface area contributed by atoms with E-state index in [1.165, 1.54) is 0 Å². The van der Waals surface area contributed by atoms with Crippen molar-refractivity contribution in [1.82, 2.24) is 9.97 Å². The van der Waals surface area contributed by atoms with Crippen LogP contribution in [0.25, 0.3) is 33.9 Å². The van der Waals surface area contributed by atoms with E-state index < -0.39 is 0 Å². The summed E-state index contributed by atoms with van der Waals surface area (Å²) in [6.45, 7) is 6.29. The van der Waals surface area contributed by atoms with Crippen molar-refractivity contribution in [2.75, 3.05) is 0 Å². The highest BCUT2D eigenvalue weighted by Crippen LogP contribution is 2.36. The number of H-pyrrole nitrogens is 1. The molecule has 0 aliphatic heterocycles. The lowest BCUT2D eigenvalue weighted by molar-refractivity contribution is 0.447. The van der Waals surface area contributed by atoms with Gasteiger partial charge in [-0.3, -0.25) is 0 Å². The van der Waals surface area contributed by atoms with Gasteiger partial charge in [-0.2, -0.15) is 0 Å². The zero-order chi connectivity index (χ0) is 19.7. The maximum absolute atomic E-state index is 10.3. The molecule has 0 saturated heterocycles. The Kier molecular flexibility index (Phi) is 4.52. The van der Waals surface area contributed by atoms with E-state index in [1.54, 1.807) is 6.07 Å². The minimum absolute atomic E-state index is 0.156. The van der Waals surface area contributed by atoms with Crippen LogP contribution in [0.1, 0.15) is 26.3 Å². The van der Waals surface area contributed by atoms with Gasteiger partial charge in [-0.1, -0.05) is 81.4 Å². The molecule has 0 atom stereocenters. The Morgan fingerprint density at radius 3 is 1.96 bits per heavy atom. The second-order valence-corrected chi connectivity index (χ2v) is 8.02. The maximum atomic E-state index is 10.3. The van der Waals surface area contributed by atoms with E-state index in [9.17, 15) is 5.11 Å². The van der Waals surface area contributed by atoms with Gasteiger partial charge >= 0.3 is 0 Å². The smallest absolute Gasteiger partial charge is 0.138 e. The first-order valence-electron chi connectivity index (χ1n) is 9.48. The number of nitrogens with one attached hydrogen (secondary N) is 1. The minimum atomic E-state index is -0.156. The zero-order valence-electron chi connectivity index (χ0n) is 16.4. The quantitative estimate of drug-likeness (QED) is 0.439. The number of hydrogen-bond donors (Lipinski definition) is 2. The van der Waals surface area contributed by atoms with Crippen molar-refractivity contribution in [3.63, 3.8) is 0 Å². The molecule has 0 aliphatic carbocycles. The highest BCUT2D eigenvalue weighted by molar-refractivity contribution is 5.81. The number of phenols is 1. The molecule has 0 saturated carbocycles. The number of nitrogens with zero attached hydrogens (tertiary/aromatic N) is 1. The van der Waals surface area contributed by atoms with Crippen molar-refractivity contribution in [1.29, 1.82) is 0 Å². The topological polar surface area (TPSA) is 48.9 Å². The van der Waals surface area contributed by atoms with Gasteiger partial charge in [0.05, 0.1) is 11.4 Å². The lowest BCUT2D eigenvalue weighted by atomic mass is 9.85. The first kappa shape index (κ1) is 18.1. The van der Waals surface area contributed by atoms with Crippen molar-refractivity contribution >= 4 is 0 Å². The highest BCUT2D eigenvalue weighted by Gasteiger charge is 2.21. The maximum Gasteiger partial charge on any atom is 0.138 e. The molecule has 1 aromatic heterocycles. The van der Waals surface area contributed by atoms with Crippen LogP contribution in [0.5, 0.6) is 5.75 Å².